The summed E-state index contributed by atoms with van der Waals surface area (Å²) < 4.78 is 40.1. The van der Waals surface area contributed by atoms with Crippen molar-refractivity contribution in [3.63, 3.8) is 0 Å². The average Bonchev–Trinajstić information content (AvgIpc) is 3.32. The standard InChI is InChI=1S/C26H22F3N3O/c1-19(31-24(33)26(27,28)29)23-17-32(18-30-23)25(20-11-5-2-6-12-20,21-13-7-3-8-14-21)22-15-9-4-10-16-22/h2-19H,1H3,(H,31,33). The van der Waals surface area contributed by atoms with Gasteiger partial charge in [-0.3, -0.25) is 4.79 Å². The minimum absolute atomic E-state index is 0.319. The van der Waals surface area contributed by atoms with E-state index in [0.717, 1.165) is 16.7 Å². The first-order valence-electron chi connectivity index (χ1n) is 10.4. The molecule has 3 aromatic carbocycles. The Morgan fingerprint density at radius 2 is 1.24 bits per heavy atom. The van der Waals surface area contributed by atoms with E-state index < -0.39 is 23.7 Å². The molecule has 1 amide bonds. The van der Waals surface area contributed by atoms with Gasteiger partial charge >= 0.3 is 12.1 Å². The molecule has 0 spiro atoms. The Bertz CT molecular complexity index is 1110. The van der Waals surface area contributed by atoms with Gasteiger partial charge in [0.25, 0.3) is 0 Å². The van der Waals surface area contributed by atoms with E-state index in [2.05, 4.69) is 4.98 Å². The molecule has 1 unspecified atom stereocenters. The van der Waals surface area contributed by atoms with Gasteiger partial charge in [0.2, 0.25) is 0 Å². The van der Waals surface area contributed by atoms with Gasteiger partial charge < -0.3 is 9.88 Å². The molecule has 0 radical (unpaired) electrons. The largest absolute Gasteiger partial charge is 0.471 e. The number of aromatic nitrogens is 2. The van der Waals surface area contributed by atoms with Gasteiger partial charge in [0.05, 0.1) is 18.1 Å². The van der Waals surface area contributed by atoms with Crippen LogP contribution in [0.15, 0.2) is 104 Å². The monoisotopic (exact) mass is 449 g/mol. The van der Waals surface area contributed by atoms with Crippen molar-refractivity contribution in [3.05, 3.63) is 126 Å². The van der Waals surface area contributed by atoms with Crippen molar-refractivity contribution < 1.29 is 18.0 Å². The number of rotatable bonds is 6. The van der Waals surface area contributed by atoms with Crippen LogP contribution in [0.2, 0.25) is 0 Å². The highest BCUT2D eigenvalue weighted by Crippen LogP contribution is 2.41. The van der Waals surface area contributed by atoms with Crippen LogP contribution in [0.1, 0.15) is 35.3 Å². The van der Waals surface area contributed by atoms with Gasteiger partial charge in [-0.05, 0) is 23.6 Å². The van der Waals surface area contributed by atoms with E-state index in [-0.39, 0.29) is 0 Å². The summed E-state index contributed by atoms with van der Waals surface area (Å²) in [6.07, 6.45) is -1.68. The Morgan fingerprint density at radius 3 is 1.64 bits per heavy atom. The lowest BCUT2D eigenvalue weighted by molar-refractivity contribution is -0.174. The maximum absolute atomic E-state index is 12.7. The van der Waals surface area contributed by atoms with Gasteiger partial charge in [0.1, 0.15) is 5.54 Å². The summed E-state index contributed by atoms with van der Waals surface area (Å²) >= 11 is 0. The smallest absolute Gasteiger partial charge is 0.340 e. The van der Waals surface area contributed by atoms with E-state index in [0.29, 0.717) is 5.69 Å². The number of halogens is 3. The van der Waals surface area contributed by atoms with Gasteiger partial charge in [-0.2, -0.15) is 13.2 Å². The molecule has 1 aromatic heterocycles. The summed E-state index contributed by atoms with van der Waals surface area (Å²) in [7, 11) is 0. The molecule has 4 rings (SSSR count). The number of alkyl halides is 3. The number of hydrogen-bond acceptors (Lipinski definition) is 2. The highest BCUT2D eigenvalue weighted by atomic mass is 19.4. The fourth-order valence-electron chi connectivity index (χ4n) is 4.08. The topological polar surface area (TPSA) is 46.9 Å². The predicted molar refractivity (Wildman–Crippen MR) is 119 cm³/mol. The van der Waals surface area contributed by atoms with Crippen molar-refractivity contribution in [2.45, 2.75) is 24.7 Å². The lowest BCUT2D eigenvalue weighted by Gasteiger charge is -2.37. The third kappa shape index (κ3) is 4.26. The summed E-state index contributed by atoms with van der Waals surface area (Å²) in [5.74, 6) is -2.00. The Kier molecular flexibility index (Phi) is 6.05. The number of benzene rings is 3. The number of hydrogen-bond donors (Lipinski definition) is 1. The highest BCUT2D eigenvalue weighted by molar-refractivity contribution is 5.82. The molecule has 0 fully saturated rings. The number of carbonyl (C=O) groups is 1. The number of imidazole rings is 1. The van der Waals surface area contributed by atoms with Crippen LogP contribution in [0.4, 0.5) is 13.2 Å². The van der Waals surface area contributed by atoms with Gasteiger partial charge in [0, 0.05) is 6.20 Å². The Hall–Kier alpha value is -3.87. The molecule has 1 heterocycles. The second-order valence-electron chi connectivity index (χ2n) is 7.71. The number of nitrogens with one attached hydrogen (secondary N) is 1. The first-order chi connectivity index (χ1) is 15.8. The summed E-state index contributed by atoms with van der Waals surface area (Å²) in [6, 6.07) is 28.6. The average molecular weight is 449 g/mol. The molecule has 4 aromatic rings. The summed E-state index contributed by atoms with van der Waals surface area (Å²) in [5.41, 5.74) is 2.36. The van der Waals surface area contributed by atoms with Crippen LogP contribution >= 0.6 is 0 Å². The van der Waals surface area contributed by atoms with E-state index in [9.17, 15) is 18.0 Å². The lowest BCUT2D eigenvalue weighted by atomic mass is 9.77. The van der Waals surface area contributed by atoms with Gasteiger partial charge in [-0.1, -0.05) is 91.0 Å². The van der Waals surface area contributed by atoms with E-state index in [1.807, 2.05) is 101 Å². The molecule has 0 bridgehead atoms. The predicted octanol–water partition coefficient (Wildman–Crippen LogP) is 5.46. The van der Waals surface area contributed by atoms with Crippen molar-refractivity contribution in [2.75, 3.05) is 0 Å². The van der Waals surface area contributed by atoms with Crippen molar-refractivity contribution in [3.8, 4) is 0 Å². The molecular formula is C26H22F3N3O. The van der Waals surface area contributed by atoms with Crippen LogP contribution in [0.5, 0.6) is 0 Å². The summed E-state index contributed by atoms with van der Waals surface area (Å²) in [5, 5.41) is 1.98. The van der Waals surface area contributed by atoms with Crippen LogP contribution in [0, 0.1) is 0 Å². The van der Waals surface area contributed by atoms with Gasteiger partial charge in [-0.15, -0.1) is 0 Å². The molecule has 0 aliphatic rings. The lowest BCUT2D eigenvalue weighted by Crippen LogP contribution is -2.38. The van der Waals surface area contributed by atoms with Crippen LogP contribution in [-0.4, -0.2) is 21.6 Å². The first kappa shape index (κ1) is 22.3. The maximum atomic E-state index is 12.7. The SMILES string of the molecule is CC(NC(=O)C(F)(F)F)c1cn(C(c2ccccc2)(c2ccccc2)c2ccccc2)cn1. The second kappa shape index (κ2) is 8.94. The van der Waals surface area contributed by atoms with E-state index >= 15 is 0 Å². The molecule has 0 aliphatic heterocycles. The van der Waals surface area contributed by atoms with Crippen LogP contribution in [-0.2, 0) is 10.3 Å². The van der Waals surface area contributed by atoms with E-state index in [4.69, 9.17) is 0 Å². The minimum Gasteiger partial charge on any atom is -0.340 e. The first-order valence-corrected chi connectivity index (χ1v) is 10.4. The molecule has 0 saturated carbocycles. The molecule has 4 nitrogen and oxygen atoms in total. The molecule has 1 N–H and O–H groups in total. The van der Waals surface area contributed by atoms with Crippen molar-refractivity contribution in [2.24, 2.45) is 0 Å². The Balaban J connectivity index is 1.90. The van der Waals surface area contributed by atoms with Crippen molar-refractivity contribution in [1.82, 2.24) is 14.9 Å². The second-order valence-corrected chi connectivity index (χ2v) is 7.71. The molecule has 33 heavy (non-hydrogen) atoms. The molecular weight excluding hydrogens is 427 g/mol. The highest BCUT2D eigenvalue weighted by Gasteiger charge is 2.41. The zero-order valence-electron chi connectivity index (χ0n) is 17.8. The molecule has 0 saturated heterocycles. The molecule has 7 heteroatoms. The number of carbonyl (C=O) groups excluding carboxylic acids is 1. The zero-order valence-corrected chi connectivity index (χ0v) is 17.8. The third-order valence-corrected chi connectivity index (χ3v) is 5.61. The number of nitrogens with zero attached hydrogens (tertiary/aromatic N) is 2. The fraction of sp³-hybridized carbons (Fsp3) is 0.154. The van der Waals surface area contributed by atoms with Crippen LogP contribution in [0.25, 0.3) is 0 Å². The van der Waals surface area contributed by atoms with E-state index in [1.165, 1.54) is 6.92 Å². The molecule has 168 valence electrons. The Morgan fingerprint density at radius 1 is 0.818 bits per heavy atom. The zero-order chi connectivity index (χ0) is 23.5. The summed E-state index contributed by atoms with van der Waals surface area (Å²) in [6.45, 7) is 1.48. The minimum atomic E-state index is -4.96. The Labute approximate surface area is 189 Å². The van der Waals surface area contributed by atoms with Gasteiger partial charge in [-0.25, -0.2) is 4.98 Å². The quantitative estimate of drug-likeness (QED) is 0.397. The van der Waals surface area contributed by atoms with E-state index in [1.54, 1.807) is 12.5 Å². The van der Waals surface area contributed by atoms with Crippen LogP contribution in [0.3, 0.4) is 0 Å². The van der Waals surface area contributed by atoms with Crippen LogP contribution < -0.4 is 5.32 Å². The molecule has 1 atom stereocenters. The maximum Gasteiger partial charge on any atom is 0.471 e. The fourth-order valence-corrected chi connectivity index (χ4v) is 4.08. The molecule has 0 aliphatic carbocycles. The van der Waals surface area contributed by atoms with Gasteiger partial charge in [0.15, 0.2) is 0 Å². The normalized spacial score (nSPS) is 12.8. The van der Waals surface area contributed by atoms with Crippen molar-refractivity contribution in [1.29, 1.82) is 0 Å². The third-order valence-electron chi connectivity index (χ3n) is 5.61. The number of amides is 1. The van der Waals surface area contributed by atoms with Crippen molar-refractivity contribution >= 4 is 5.91 Å². The summed E-state index contributed by atoms with van der Waals surface area (Å²) in [4.78, 5) is 15.8.